The Morgan fingerprint density at radius 2 is 1.92 bits per heavy atom. The number of nitrogens with zero attached hydrogens (tertiary/aromatic N) is 2. The van der Waals surface area contributed by atoms with Crippen molar-refractivity contribution in [1.82, 2.24) is 10.3 Å². The van der Waals surface area contributed by atoms with Crippen molar-refractivity contribution in [3.63, 3.8) is 0 Å². The second kappa shape index (κ2) is 7.21. The van der Waals surface area contributed by atoms with Gasteiger partial charge >= 0.3 is 0 Å². The topological polar surface area (TPSA) is 62.3 Å². The molecular formula is C17H23N3O2S2. The minimum absolute atomic E-state index is 0.349. The second-order valence-corrected chi connectivity index (χ2v) is 9.23. The van der Waals surface area contributed by atoms with Gasteiger partial charge in [0.25, 0.3) is 0 Å². The Labute approximate surface area is 147 Å². The van der Waals surface area contributed by atoms with Gasteiger partial charge in [0.05, 0.1) is 22.1 Å². The zero-order valence-electron chi connectivity index (χ0n) is 14.0. The molecule has 0 atom stereocenters. The van der Waals surface area contributed by atoms with Crippen molar-refractivity contribution in [2.24, 2.45) is 0 Å². The van der Waals surface area contributed by atoms with Crippen LogP contribution in [0.2, 0.25) is 0 Å². The van der Waals surface area contributed by atoms with Gasteiger partial charge in [-0.15, -0.1) is 11.3 Å². The summed E-state index contributed by atoms with van der Waals surface area (Å²) in [4.78, 5) is 7.25. The molecule has 0 saturated carbocycles. The molecule has 7 heteroatoms. The molecule has 0 bridgehead atoms. The Morgan fingerprint density at radius 3 is 2.54 bits per heavy atom. The first-order valence-electron chi connectivity index (χ1n) is 8.10. The predicted octanol–water partition coefficient (Wildman–Crippen LogP) is 2.65. The molecule has 0 amide bonds. The summed E-state index contributed by atoms with van der Waals surface area (Å²) in [6, 6.07) is 7.00. The summed E-state index contributed by atoms with van der Waals surface area (Å²) in [6.45, 7) is 2.87. The minimum Gasteiger partial charge on any atom is -0.369 e. The lowest BCUT2D eigenvalue weighted by molar-refractivity contribution is 0.458. The van der Waals surface area contributed by atoms with E-state index in [1.807, 2.05) is 19.2 Å². The van der Waals surface area contributed by atoms with E-state index < -0.39 is 9.84 Å². The summed E-state index contributed by atoms with van der Waals surface area (Å²) in [5, 5.41) is 6.77. The molecule has 0 spiro atoms. The maximum atomic E-state index is 11.5. The number of piperidine rings is 1. The van der Waals surface area contributed by atoms with Crippen LogP contribution >= 0.6 is 11.3 Å². The quantitative estimate of drug-likeness (QED) is 0.883. The molecule has 0 radical (unpaired) electrons. The summed E-state index contributed by atoms with van der Waals surface area (Å²) in [6.07, 6.45) is 3.55. The maximum absolute atomic E-state index is 11.5. The summed E-state index contributed by atoms with van der Waals surface area (Å²) in [5.74, 6) is 0.587. The highest BCUT2D eigenvalue weighted by atomic mass is 32.2. The number of rotatable bonds is 5. The van der Waals surface area contributed by atoms with E-state index in [1.54, 1.807) is 23.5 Å². The van der Waals surface area contributed by atoms with Crippen LogP contribution in [0, 0.1) is 0 Å². The largest absolute Gasteiger partial charge is 0.369 e. The molecule has 1 N–H and O–H groups in total. The standard InChI is InChI=1S/C17H23N3O2S2/c1-20(15-3-5-16(6-4-15)24(2,21)22)11-14-12-23-17(19-14)13-7-9-18-10-8-13/h3-6,12-13,18H,7-11H2,1-2H3. The highest BCUT2D eigenvalue weighted by molar-refractivity contribution is 7.90. The fraction of sp³-hybridized carbons (Fsp3) is 0.471. The Bertz CT molecular complexity index is 778. The van der Waals surface area contributed by atoms with Gasteiger partial charge in [0.1, 0.15) is 0 Å². The third-order valence-electron chi connectivity index (χ3n) is 4.36. The molecule has 130 valence electrons. The van der Waals surface area contributed by atoms with Crippen LogP contribution in [0.5, 0.6) is 0 Å². The third kappa shape index (κ3) is 4.15. The average Bonchev–Trinajstić information content (AvgIpc) is 3.03. The lowest BCUT2D eigenvalue weighted by Gasteiger charge is -2.20. The van der Waals surface area contributed by atoms with Crippen LogP contribution in [-0.4, -0.2) is 39.8 Å². The van der Waals surface area contributed by atoms with Gasteiger partial charge in [0.2, 0.25) is 0 Å². The van der Waals surface area contributed by atoms with Crippen molar-refractivity contribution in [2.75, 3.05) is 31.3 Å². The van der Waals surface area contributed by atoms with Crippen LogP contribution < -0.4 is 10.2 Å². The van der Waals surface area contributed by atoms with Gasteiger partial charge in [-0.3, -0.25) is 0 Å². The van der Waals surface area contributed by atoms with E-state index in [0.717, 1.165) is 43.9 Å². The molecule has 1 aromatic carbocycles. The fourth-order valence-corrected chi connectivity index (χ4v) is 4.55. The molecule has 0 aliphatic carbocycles. The number of anilines is 1. The van der Waals surface area contributed by atoms with Gasteiger partial charge in [-0.2, -0.15) is 0 Å². The van der Waals surface area contributed by atoms with Gasteiger partial charge in [0, 0.05) is 30.3 Å². The number of hydrogen-bond donors (Lipinski definition) is 1. The Balaban J connectivity index is 1.66. The van der Waals surface area contributed by atoms with Crippen molar-refractivity contribution >= 4 is 26.9 Å². The first kappa shape index (κ1) is 17.4. The molecule has 0 unspecified atom stereocenters. The normalized spacial score (nSPS) is 16.2. The van der Waals surface area contributed by atoms with Crippen LogP contribution in [-0.2, 0) is 16.4 Å². The van der Waals surface area contributed by atoms with Gasteiger partial charge < -0.3 is 10.2 Å². The van der Waals surface area contributed by atoms with Crippen molar-refractivity contribution in [2.45, 2.75) is 30.2 Å². The molecule has 1 fully saturated rings. The summed E-state index contributed by atoms with van der Waals surface area (Å²) < 4.78 is 23.1. The highest BCUT2D eigenvalue weighted by Crippen LogP contribution is 2.28. The molecule has 1 aromatic heterocycles. The average molecular weight is 366 g/mol. The predicted molar refractivity (Wildman–Crippen MR) is 98.6 cm³/mol. The highest BCUT2D eigenvalue weighted by Gasteiger charge is 2.18. The van der Waals surface area contributed by atoms with Crippen molar-refractivity contribution in [3.05, 3.63) is 40.3 Å². The van der Waals surface area contributed by atoms with Crippen molar-refractivity contribution in [1.29, 1.82) is 0 Å². The van der Waals surface area contributed by atoms with E-state index in [0.29, 0.717) is 10.8 Å². The lowest BCUT2D eigenvalue weighted by atomic mass is 9.99. The number of sulfone groups is 1. The number of aromatic nitrogens is 1. The zero-order valence-corrected chi connectivity index (χ0v) is 15.7. The van der Waals surface area contributed by atoms with Crippen LogP contribution in [0.3, 0.4) is 0 Å². The van der Waals surface area contributed by atoms with Crippen LogP contribution in [0.4, 0.5) is 5.69 Å². The number of thiazole rings is 1. The molecule has 1 aliphatic rings. The van der Waals surface area contributed by atoms with E-state index in [4.69, 9.17) is 4.98 Å². The molecule has 24 heavy (non-hydrogen) atoms. The van der Waals surface area contributed by atoms with Crippen molar-refractivity contribution < 1.29 is 8.42 Å². The van der Waals surface area contributed by atoms with Crippen LogP contribution in [0.1, 0.15) is 29.5 Å². The Kier molecular flexibility index (Phi) is 5.22. The molecule has 5 nitrogen and oxygen atoms in total. The second-order valence-electron chi connectivity index (χ2n) is 6.32. The number of hydrogen-bond acceptors (Lipinski definition) is 6. The van der Waals surface area contributed by atoms with Gasteiger partial charge in [-0.05, 0) is 50.2 Å². The molecule has 3 rings (SSSR count). The molecule has 1 saturated heterocycles. The van der Waals surface area contributed by atoms with E-state index >= 15 is 0 Å². The third-order valence-corrected chi connectivity index (χ3v) is 6.55. The van der Waals surface area contributed by atoms with Crippen LogP contribution in [0.15, 0.2) is 34.5 Å². The van der Waals surface area contributed by atoms with Gasteiger partial charge in [0.15, 0.2) is 9.84 Å². The van der Waals surface area contributed by atoms with E-state index in [1.165, 1.54) is 11.3 Å². The van der Waals surface area contributed by atoms with E-state index in [2.05, 4.69) is 15.6 Å². The number of benzene rings is 1. The van der Waals surface area contributed by atoms with Gasteiger partial charge in [-0.25, -0.2) is 13.4 Å². The van der Waals surface area contributed by atoms with Crippen molar-refractivity contribution in [3.8, 4) is 0 Å². The van der Waals surface area contributed by atoms with Crippen LogP contribution in [0.25, 0.3) is 0 Å². The fourth-order valence-electron chi connectivity index (χ4n) is 2.93. The summed E-state index contributed by atoms with van der Waals surface area (Å²) in [7, 11) is -1.15. The minimum atomic E-state index is -3.15. The van der Waals surface area contributed by atoms with E-state index in [-0.39, 0.29) is 0 Å². The monoisotopic (exact) mass is 365 g/mol. The van der Waals surface area contributed by atoms with E-state index in [9.17, 15) is 8.42 Å². The SMILES string of the molecule is CN(Cc1csc(C2CCNCC2)n1)c1ccc(S(C)(=O)=O)cc1. The Morgan fingerprint density at radius 1 is 1.25 bits per heavy atom. The zero-order chi connectivity index (χ0) is 17.2. The first-order chi connectivity index (χ1) is 11.4. The Hall–Kier alpha value is -1.44. The number of nitrogens with one attached hydrogen (secondary N) is 1. The lowest BCUT2D eigenvalue weighted by Crippen LogP contribution is -2.26. The first-order valence-corrected chi connectivity index (χ1v) is 10.9. The molecular weight excluding hydrogens is 342 g/mol. The molecule has 2 heterocycles. The summed E-state index contributed by atoms with van der Waals surface area (Å²) >= 11 is 1.75. The smallest absolute Gasteiger partial charge is 0.175 e. The van der Waals surface area contributed by atoms with Gasteiger partial charge in [-0.1, -0.05) is 0 Å². The molecule has 1 aliphatic heterocycles. The summed E-state index contributed by atoms with van der Waals surface area (Å²) in [5.41, 5.74) is 2.06. The maximum Gasteiger partial charge on any atom is 0.175 e. The molecule has 2 aromatic rings.